The first kappa shape index (κ1) is 11.7. The van der Waals surface area contributed by atoms with Gasteiger partial charge in [-0.15, -0.1) is 0 Å². The van der Waals surface area contributed by atoms with Gasteiger partial charge in [-0.25, -0.2) is 4.79 Å². The average Bonchev–Trinajstić information content (AvgIpc) is 2.35. The molecule has 1 aromatic rings. The van der Waals surface area contributed by atoms with E-state index >= 15 is 0 Å². The molecule has 17 heavy (non-hydrogen) atoms. The van der Waals surface area contributed by atoms with Crippen molar-refractivity contribution in [3.05, 3.63) is 24.3 Å². The number of hydrogen-bond acceptors (Lipinski definition) is 4. The van der Waals surface area contributed by atoms with Crippen LogP contribution in [0.5, 0.6) is 11.5 Å². The summed E-state index contributed by atoms with van der Waals surface area (Å²) < 4.78 is 16.2. The van der Waals surface area contributed by atoms with Gasteiger partial charge in [0, 0.05) is 0 Å². The molecular weight excluding hydrogens is 224 g/mol. The maximum atomic E-state index is 10.6. The van der Waals surface area contributed by atoms with E-state index in [-0.39, 0.29) is 12.7 Å². The Morgan fingerprint density at radius 2 is 2.24 bits per heavy atom. The Balaban J connectivity index is 1.88. The first-order valence-corrected chi connectivity index (χ1v) is 5.39. The number of fused-ring (bicyclic) bond motifs is 1. The Morgan fingerprint density at radius 1 is 1.53 bits per heavy atom. The van der Waals surface area contributed by atoms with Gasteiger partial charge in [0.1, 0.15) is 6.61 Å². The predicted octanol–water partition coefficient (Wildman–Crippen LogP) is 1.32. The number of aliphatic carboxylic acids is 1. The molecular formula is C12H14O5. The van der Waals surface area contributed by atoms with Crippen molar-refractivity contribution in [1.82, 2.24) is 0 Å². The minimum Gasteiger partial charge on any atom is -0.486 e. The lowest BCUT2D eigenvalue weighted by molar-refractivity contribution is -0.151. The summed E-state index contributed by atoms with van der Waals surface area (Å²) in [6.45, 7) is 2.05. The number of carboxylic acids is 1. The first-order valence-electron chi connectivity index (χ1n) is 5.39. The molecule has 2 atom stereocenters. The van der Waals surface area contributed by atoms with Gasteiger partial charge in [0.25, 0.3) is 0 Å². The molecule has 5 heteroatoms. The molecule has 1 aromatic carbocycles. The van der Waals surface area contributed by atoms with Crippen molar-refractivity contribution in [1.29, 1.82) is 0 Å². The maximum absolute atomic E-state index is 10.6. The molecule has 5 nitrogen and oxygen atoms in total. The van der Waals surface area contributed by atoms with Crippen molar-refractivity contribution in [3.8, 4) is 11.5 Å². The van der Waals surface area contributed by atoms with Gasteiger partial charge in [-0.05, 0) is 19.1 Å². The van der Waals surface area contributed by atoms with Crippen LogP contribution in [-0.4, -0.2) is 36.5 Å². The number of benzene rings is 1. The summed E-state index contributed by atoms with van der Waals surface area (Å²) in [6.07, 6.45) is -1.11. The summed E-state index contributed by atoms with van der Waals surface area (Å²) in [5, 5.41) is 8.67. The Labute approximate surface area is 98.9 Å². The quantitative estimate of drug-likeness (QED) is 0.856. The van der Waals surface area contributed by atoms with E-state index in [0.29, 0.717) is 18.1 Å². The summed E-state index contributed by atoms with van der Waals surface area (Å²) in [6, 6.07) is 7.35. The van der Waals surface area contributed by atoms with E-state index in [4.69, 9.17) is 19.3 Å². The summed E-state index contributed by atoms with van der Waals surface area (Å²) in [4.78, 5) is 10.6. The monoisotopic (exact) mass is 238 g/mol. The molecule has 1 aliphatic heterocycles. The van der Waals surface area contributed by atoms with Crippen molar-refractivity contribution in [2.24, 2.45) is 0 Å². The molecule has 1 unspecified atom stereocenters. The zero-order chi connectivity index (χ0) is 12.3. The SMILES string of the molecule is C[C@H](OCC1COc2ccccc2O1)C(=O)O. The molecule has 0 fully saturated rings. The fourth-order valence-corrected chi connectivity index (χ4v) is 1.47. The van der Waals surface area contributed by atoms with Crippen LogP contribution in [0.3, 0.4) is 0 Å². The van der Waals surface area contributed by atoms with Gasteiger partial charge in [-0.2, -0.15) is 0 Å². The van der Waals surface area contributed by atoms with Gasteiger partial charge in [0.15, 0.2) is 23.7 Å². The molecule has 1 heterocycles. The highest BCUT2D eigenvalue weighted by atomic mass is 16.6. The van der Waals surface area contributed by atoms with Crippen LogP contribution in [0.1, 0.15) is 6.92 Å². The second-order valence-electron chi connectivity index (χ2n) is 3.81. The lowest BCUT2D eigenvalue weighted by Gasteiger charge is -2.26. The molecule has 0 spiro atoms. The van der Waals surface area contributed by atoms with E-state index in [1.54, 1.807) is 0 Å². The second kappa shape index (κ2) is 5.05. The molecule has 0 saturated heterocycles. The van der Waals surface area contributed by atoms with Gasteiger partial charge in [0.2, 0.25) is 0 Å². The van der Waals surface area contributed by atoms with Crippen molar-refractivity contribution >= 4 is 5.97 Å². The zero-order valence-electron chi connectivity index (χ0n) is 9.46. The highest BCUT2D eigenvalue weighted by molar-refractivity contribution is 5.71. The second-order valence-corrected chi connectivity index (χ2v) is 3.81. The fraction of sp³-hybridized carbons (Fsp3) is 0.417. The first-order chi connectivity index (χ1) is 8.16. The Kier molecular flexibility index (Phi) is 3.49. The fourth-order valence-electron chi connectivity index (χ4n) is 1.47. The molecule has 1 aliphatic rings. The minimum atomic E-state index is -0.984. The highest BCUT2D eigenvalue weighted by Gasteiger charge is 2.22. The highest BCUT2D eigenvalue weighted by Crippen LogP contribution is 2.30. The van der Waals surface area contributed by atoms with Crippen LogP contribution >= 0.6 is 0 Å². The number of carboxylic acid groups (broad SMARTS) is 1. The Hall–Kier alpha value is -1.75. The van der Waals surface area contributed by atoms with Crippen molar-refractivity contribution < 1.29 is 24.1 Å². The van der Waals surface area contributed by atoms with Gasteiger partial charge in [-0.3, -0.25) is 0 Å². The summed E-state index contributed by atoms with van der Waals surface area (Å²) in [7, 11) is 0. The largest absolute Gasteiger partial charge is 0.486 e. The number of hydrogen-bond donors (Lipinski definition) is 1. The molecule has 92 valence electrons. The normalized spacial score (nSPS) is 19.7. The van der Waals surface area contributed by atoms with Crippen LogP contribution in [0.15, 0.2) is 24.3 Å². The van der Waals surface area contributed by atoms with Gasteiger partial charge in [0.05, 0.1) is 6.61 Å². The van der Waals surface area contributed by atoms with E-state index in [1.807, 2.05) is 24.3 Å². The number of ether oxygens (including phenoxy) is 3. The van der Waals surface area contributed by atoms with Gasteiger partial charge in [-0.1, -0.05) is 12.1 Å². The molecule has 1 N–H and O–H groups in total. The molecule has 0 radical (unpaired) electrons. The smallest absolute Gasteiger partial charge is 0.332 e. The third-order valence-corrected chi connectivity index (χ3v) is 2.45. The topological polar surface area (TPSA) is 65.0 Å². The minimum absolute atomic E-state index is 0.196. The summed E-state index contributed by atoms with van der Waals surface area (Å²) >= 11 is 0. The van der Waals surface area contributed by atoms with Crippen molar-refractivity contribution in [2.75, 3.05) is 13.2 Å². The van der Waals surface area contributed by atoms with Crippen LogP contribution in [0.4, 0.5) is 0 Å². The molecule has 2 rings (SSSR count). The van der Waals surface area contributed by atoms with Crippen LogP contribution < -0.4 is 9.47 Å². The maximum Gasteiger partial charge on any atom is 0.332 e. The third-order valence-electron chi connectivity index (χ3n) is 2.45. The molecule has 0 saturated carbocycles. The number of rotatable bonds is 4. The van der Waals surface area contributed by atoms with Crippen LogP contribution in [0.2, 0.25) is 0 Å². The zero-order valence-corrected chi connectivity index (χ0v) is 9.46. The van der Waals surface area contributed by atoms with E-state index in [1.165, 1.54) is 6.92 Å². The summed E-state index contributed by atoms with van der Waals surface area (Å²) in [5.41, 5.74) is 0. The lowest BCUT2D eigenvalue weighted by Crippen LogP contribution is -2.35. The Bertz CT molecular complexity index is 404. The van der Waals surface area contributed by atoms with Gasteiger partial charge < -0.3 is 19.3 Å². The summed E-state index contributed by atoms with van der Waals surface area (Å²) in [5.74, 6) is 0.382. The van der Waals surface area contributed by atoms with Gasteiger partial charge >= 0.3 is 5.97 Å². The average molecular weight is 238 g/mol. The van der Waals surface area contributed by atoms with Crippen LogP contribution in [0.25, 0.3) is 0 Å². The predicted molar refractivity (Wildman–Crippen MR) is 59.4 cm³/mol. The number of para-hydroxylation sites is 2. The molecule has 0 aromatic heterocycles. The molecule has 0 aliphatic carbocycles. The van der Waals surface area contributed by atoms with Crippen molar-refractivity contribution in [3.63, 3.8) is 0 Å². The van der Waals surface area contributed by atoms with E-state index in [2.05, 4.69) is 0 Å². The van der Waals surface area contributed by atoms with Crippen LogP contribution in [-0.2, 0) is 9.53 Å². The van der Waals surface area contributed by atoms with E-state index in [0.717, 1.165) is 0 Å². The van der Waals surface area contributed by atoms with Crippen molar-refractivity contribution in [2.45, 2.75) is 19.1 Å². The molecule has 0 bridgehead atoms. The molecule has 0 amide bonds. The van der Waals surface area contributed by atoms with E-state index in [9.17, 15) is 4.79 Å². The third kappa shape index (κ3) is 2.88. The van der Waals surface area contributed by atoms with E-state index < -0.39 is 12.1 Å². The Morgan fingerprint density at radius 3 is 2.94 bits per heavy atom. The van der Waals surface area contributed by atoms with Crippen LogP contribution in [0, 0.1) is 0 Å². The number of carbonyl (C=O) groups is 1. The standard InChI is InChI=1S/C12H14O5/c1-8(12(13)14)15-6-9-7-16-10-4-2-3-5-11(10)17-9/h2-5,8-9H,6-7H2,1H3,(H,13,14)/t8-,9?/m0/s1. The lowest BCUT2D eigenvalue weighted by atomic mass is 10.2.